The first-order valence-corrected chi connectivity index (χ1v) is 9.76. The number of hydrogen-bond acceptors (Lipinski definition) is 4. The molecule has 3 heterocycles. The van der Waals surface area contributed by atoms with Gasteiger partial charge in [-0.25, -0.2) is 4.98 Å². The number of imidazole rings is 1. The Hall–Kier alpha value is -2.64. The van der Waals surface area contributed by atoms with Crippen LogP contribution in [-0.4, -0.2) is 34.1 Å². The summed E-state index contributed by atoms with van der Waals surface area (Å²) < 4.78 is 0.963. The van der Waals surface area contributed by atoms with Crippen LogP contribution in [0.5, 0.6) is 0 Å². The van der Waals surface area contributed by atoms with Gasteiger partial charge in [0.05, 0.1) is 22.2 Å². The number of para-hydroxylation sites is 2. The van der Waals surface area contributed by atoms with E-state index >= 15 is 0 Å². The molecule has 4 aromatic rings. The summed E-state index contributed by atoms with van der Waals surface area (Å²) in [6, 6.07) is 14.0. The molecule has 0 saturated carbocycles. The van der Waals surface area contributed by atoms with Crippen LogP contribution in [0.1, 0.15) is 6.42 Å². The highest BCUT2D eigenvalue weighted by molar-refractivity contribution is 9.10. The van der Waals surface area contributed by atoms with Gasteiger partial charge in [-0.15, -0.1) is 0 Å². The fourth-order valence-corrected chi connectivity index (χ4v) is 4.06. The molecule has 136 valence electrons. The van der Waals surface area contributed by atoms with Gasteiger partial charge in [-0.05, 0) is 43.3 Å². The average Bonchev–Trinajstić information content (AvgIpc) is 3.31. The SMILES string of the molecule is O=c1[nH]c2ccc(Br)cc2c(N[C@H]2CCNC2)c1-c1nc2ccccc2[nH]1. The molecule has 2 aromatic heterocycles. The van der Waals surface area contributed by atoms with Gasteiger partial charge in [0.2, 0.25) is 0 Å². The van der Waals surface area contributed by atoms with Crippen molar-refractivity contribution in [3.63, 3.8) is 0 Å². The zero-order chi connectivity index (χ0) is 18.4. The second-order valence-electron chi connectivity index (χ2n) is 6.83. The first-order chi connectivity index (χ1) is 13.2. The van der Waals surface area contributed by atoms with Crippen LogP contribution in [0.2, 0.25) is 0 Å². The maximum absolute atomic E-state index is 13.0. The highest BCUT2D eigenvalue weighted by atomic mass is 79.9. The lowest BCUT2D eigenvalue weighted by Crippen LogP contribution is -2.24. The van der Waals surface area contributed by atoms with Crippen molar-refractivity contribution in [1.82, 2.24) is 20.3 Å². The number of pyridine rings is 1. The minimum absolute atomic E-state index is 0.155. The van der Waals surface area contributed by atoms with Crippen LogP contribution in [0.3, 0.4) is 0 Å². The van der Waals surface area contributed by atoms with E-state index < -0.39 is 0 Å². The molecule has 27 heavy (non-hydrogen) atoms. The molecule has 1 atom stereocenters. The minimum Gasteiger partial charge on any atom is -0.380 e. The van der Waals surface area contributed by atoms with Crippen LogP contribution in [-0.2, 0) is 0 Å². The molecule has 0 bridgehead atoms. The van der Waals surface area contributed by atoms with Gasteiger partial charge < -0.3 is 20.6 Å². The van der Waals surface area contributed by atoms with Crippen molar-refractivity contribution in [3.8, 4) is 11.4 Å². The molecule has 0 spiro atoms. The van der Waals surface area contributed by atoms with Crippen molar-refractivity contribution in [1.29, 1.82) is 0 Å². The Kier molecular flexibility index (Phi) is 3.98. The highest BCUT2D eigenvalue weighted by Gasteiger charge is 2.22. The van der Waals surface area contributed by atoms with E-state index in [1.165, 1.54) is 0 Å². The molecule has 0 amide bonds. The number of H-pyrrole nitrogens is 2. The van der Waals surface area contributed by atoms with Crippen LogP contribution in [0.15, 0.2) is 51.7 Å². The summed E-state index contributed by atoms with van der Waals surface area (Å²) in [5, 5.41) is 7.93. The third-order valence-corrected chi connectivity index (χ3v) is 5.50. The summed E-state index contributed by atoms with van der Waals surface area (Å²) in [6.07, 6.45) is 1.02. The Morgan fingerprint density at radius 1 is 1.11 bits per heavy atom. The number of benzene rings is 2. The molecule has 1 saturated heterocycles. The number of nitrogens with one attached hydrogen (secondary N) is 4. The zero-order valence-corrected chi connectivity index (χ0v) is 16.1. The lowest BCUT2D eigenvalue weighted by Gasteiger charge is -2.18. The van der Waals surface area contributed by atoms with E-state index in [2.05, 4.69) is 41.5 Å². The van der Waals surface area contributed by atoms with Crippen LogP contribution in [0.25, 0.3) is 33.3 Å². The average molecular weight is 424 g/mol. The van der Waals surface area contributed by atoms with Crippen molar-refractivity contribution < 1.29 is 0 Å². The molecule has 2 aromatic carbocycles. The fourth-order valence-electron chi connectivity index (χ4n) is 3.69. The summed E-state index contributed by atoms with van der Waals surface area (Å²) in [7, 11) is 0. The Morgan fingerprint density at radius 3 is 2.81 bits per heavy atom. The molecule has 0 aliphatic carbocycles. The molecule has 4 N–H and O–H groups in total. The number of hydrogen-bond donors (Lipinski definition) is 4. The van der Waals surface area contributed by atoms with Gasteiger partial charge in [0.25, 0.3) is 5.56 Å². The van der Waals surface area contributed by atoms with Crippen LogP contribution < -0.4 is 16.2 Å². The predicted molar refractivity (Wildman–Crippen MR) is 112 cm³/mol. The number of halogens is 1. The molecule has 0 radical (unpaired) electrons. The number of aromatic nitrogens is 3. The van der Waals surface area contributed by atoms with Crippen molar-refractivity contribution in [2.45, 2.75) is 12.5 Å². The number of rotatable bonds is 3. The minimum atomic E-state index is -0.155. The second-order valence-corrected chi connectivity index (χ2v) is 7.75. The quantitative estimate of drug-likeness (QED) is 0.405. The van der Waals surface area contributed by atoms with E-state index in [0.29, 0.717) is 11.4 Å². The number of anilines is 1. The maximum Gasteiger partial charge on any atom is 0.261 e. The summed E-state index contributed by atoms with van der Waals surface area (Å²) >= 11 is 3.55. The first kappa shape index (κ1) is 16.5. The van der Waals surface area contributed by atoms with Crippen molar-refractivity contribution in [2.75, 3.05) is 18.4 Å². The second kappa shape index (κ2) is 6.51. The Labute approximate surface area is 163 Å². The van der Waals surface area contributed by atoms with E-state index in [-0.39, 0.29) is 11.6 Å². The van der Waals surface area contributed by atoms with Crippen molar-refractivity contribution in [2.24, 2.45) is 0 Å². The first-order valence-electron chi connectivity index (χ1n) is 8.97. The van der Waals surface area contributed by atoms with Gasteiger partial charge in [0, 0.05) is 22.4 Å². The van der Waals surface area contributed by atoms with Gasteiger partial charge in [-0.2, -0.15) is 0 Å². The molecule has 1 aliphatic rings. The molecule has 7 heteroatoms. The van der Waals surface area contributed by atoms with Gasteiger partial charge in [0.1, 0.15) is 11.4 Å². The van der Waals surface area contributed by atoms with E-state index in [1.807, 2.05) is 42.5 Å². The summed E-state index contributed by atoms with van der Waals surface area (Å²) in [6.45, 7) is 1.85. The smallest absolute Gasteiger partial charge is 0.261 e. The van der Waals surface area contributed by atoms with Gasteiger partial charge in [0.15, 0.2) is 0 Å². The zero-order valence-electron chi connectivity index (χ0n) is 14.5. The van der Waals surface area contributed by atoms with Crippen LogP contribution >= 0.6 is 15.9 Å². The number of nitrogens with zero attached hydrogens (tertiary/aromatic N) is 1. The normalized spacial score (nSPS) is 17.0. The molecule has 0 unspecified atom stereocenters. The molecular weight excluding hydrogens is 406 g/mol. The van der Waals surface area contributed by atoms with E-state index in [4.69, 9.17) is 0 Å². The molecule has 5 rings (SSSR count). The van der Waals surface area contributed by atoms with E-state index in [1.54, 1.807) is 0 Å². The summed E-state index contributed by atoms with van der Waals surface area (Å²) in [5.41, 5.74) is 3.77. The largest absolute Gasteiger partial charge is 0.380 e. The van der Waals surface area contributed by atoms with Crippen molar-refractivity contribution in [3.05, 3.63) is 57.3 Å². The number of aromatic amines is 2. The molecule has 6 nitrogen and oxygen atoms in total. The maximum atomic E-state index is 13.0. The van der Waals surface area contributed by atoms with Crippen LogP contribution in [0.4, 0.5) is 5.69 Å². The van der Waals surface area contributed by atoms with Crippen LogP contribution in [0, 0.1) is 0 Å². The Balaban J connectivity index is 1.78. The third-order valence-electron chi connectivity index (χ3n) is 5.01. The monoisotopic (exact) mass is 423 g/mol. The summed E-state index contributed by atoms with van der Waals surface area (Å²) in [5.74, 6) is 0.577. The predicted octanol–water partition coefficient (Wildman–Crippen LogP) is 3.61. The molecular formula is C20H18BrN5O. The Morgan fingerprint density at radius 2 is 2.00 bits per heavy atom. The lowest BCUT2D eigenvalue weighted by atomic mass is 10.1. The molecule has 1 fully saturated rings. The van der Waals surface area contributed by atoms with Crippen molar-refractivity contribution >= 4 is 43.6 Å². The Bertz CT molecular complexity index is 1170. The standard InChI is InChI=1S/C20H18BrN5O/c21-11-5-6-14-13(9-11)18(23-12-7-8-22-10-12)17(20(27)26-14)19-24-15-3-1-2-4-16(15)25-19/h1-6,9,12,22H,7-8,10H2,(H,24,25)(H2,23,26,27)/t12-/m0/s1. The van der Waals surface area contributed by atoms with Gasteiger partial charge in [-0.1, -0.05) is 28.1 Å². The number of fused-ring (bicyclic) bond motifs is 2. The fraction of sp³-hybridized carbons (Fsp3) is 0.200. The highest BCUT2D eigenvalue weighted by Crippen LogP contribution is 2.33. The van der Waals surface area contributed by atoms with E-state index in [0.717, 1.165) is 51.6 Å². The van der Waals surface area contributed by atoms with Gasteiger partial charge >= 0.3 is 0 Å². The third kappa shape index (κ3) is 2.93. The van der Waals surface area contributed by atoms with Gasteiger partial charge in [-0.3, -0.25) is 4.79 Å². The summed E-state index contributed by atoms with van der Waals surface area (Å²) in [4.78, 5) is 24.0. The van der Waals surface area contributed by atoms with E-state index in [9.17, 15) is 4.79 Å². The molecule has 1 aliphatic heterocycles. The lowest BCUT2D eigenvalue weighted by molar-refractivity contribution is 0.794. The topological polar surface area (TPSA) is 85.6 Å².